The molecule has 0 aliphatic rings. The van der Waals surface area contributed by atoms with Crippen molar-refractivity contribution in [1.82, 2.24) is 9.55 Å². The molecule has 0 atom stereocenters. The van der Waals surface area contributed by atoms with Crippen molar-refractivity contribution in [2.24, 2.45) is 0 Å². The number of hydrogen-bond acceptors (Lipinski definition) is 3. The summed E-state index contributed by atoms with van der Waals surface area (Å²) in [6.45, 7) is -0.0310. The second-order valence-corrected chi connectivity index (χ2v) is 6.76. The van der Waals surface area contributed by atoms with Crippen LogP contribution in [0, 0.1) is 11.6 Å². The second kappa shape index (κ2) is 7.79. The van der Waals surface area contributed by atoms with Crippen molar-refractivity contribution < 1.29 is 18.7 Å². The van der Waals surface area contributed by atoms with Crippen LogP contribution in [0.4, 0.5) is 8.78 Å². The van der Waals surface area contributed by atoms with Gasteiger partial charge in [-0.1, -0.05) is 28.1 Å². The normalized spacial score (nSPS) is 10.8. The lowest BCUT2D eigenvalue weighted by Gasteiger charge is -2.13. The lowest BCUT2D eigenvalue weighted by atomic mass is 10.00. The Morgan fingerprint density at radius 3 is 2.67 bits per heavy atom. The fourth-order valence-corrected chi connectivity index (χ4v) is 3.02. The molecule has 0 spiro atoms. The molecule has 0 saturated carbocycles. The van der Waals surface area contributed by atoms with Gasteiger partial charge in [0.25, 0.3) is 5.56 Å². The van der Waals surface area contributed by atoms with Crippen molar-refractivity contribution in [3.05, 3.63) is 97.6 Å². The average Bonchev–Trinajstić information content (AvgIpc) is 2.63. The van der Waals surface area contributed by atoms with Crippen molar-refractivity contribution in [2.45, 2.75) is 13.0 Å². The van der Waals surface area contributed by atoms with Gasteiger partial charge in [-0.2, -0.15) is 0 Å². The molecule has 0 amide bonds. The summed E-state index contributed by atoms with van der Waals surface area (Å²) < 4.78 is 30.3. The van der Waals surface area contributed by atoms with E-state index in [-0.39, 0.29) is 24.1 Å². The van der Waals surface area contributed by atoms with Crippen molar-refractivity contribution >= 4 is 21.9 Å². The molecule has 27 heavy (non-hydrogen) atoms. The zero-order chi connectivity index (χ0) is 19.6. The zero-order valence-electron chi connectivity index (χ0n) is 13.8. The van der Waals surface area contributed by atoms with Gasteiger partial charge in [-0.25, -0.2) is 13.6 Å². The smallest absolute Gasteiger partial charge is 0.337 e. The highest BCUT2D eigenvalue weighted by Crippen LogP contribution is 2.21. The van der Waals surface area contributed by atoms with E-state index in [1.54, 1.807) is 24.4 Å². The van der Waals surface area contributed by atoms with E-state index in [0.717, 1.165) is 10.8 Å². The standard InChI is InChI=1S/C19H13BrF2N2O3/c20-13-4-3-12(16(21)7-13)6-14-15(19(26)27)10-24(18(25)17(14)22)9-11-2-1-5-23-8-11/h1-5,7-8,10H,6,9H2,(H,26,27). The van der Waals surface area contributed by atoms with Gasteiger partial charge in [0.2, 0.25) is 0 Å². The number of carboxylic acids is 1. The molecule has 0 saturated heterocycles. The monoisotopic (exact) mass is 434 g/mol. The molecule has 8 heteroatoms. The van der Waals surface area contributed by atoms with Crippen molar-refractivity contribution in [2.75, 3.05) is 0 Å². The van der Waals surface area contributed by atoms with Gasteiger partial charge in [-0.3, -0.25) is 9.78 Å². The number of carboxylic acid groups (broad SMARTS) is 1. The first kappa shape index (κ1) is 18.9. The van der Waals surface area contributed by atoms with Gasteiger partial charge in [0, 0.05) is 35.0 Å². The van der Waals surface area contributed by atoms with E-state index in [0.29, 0.717) is 10.0 Å². The molecule has 138 valence electrons. The minimum atomic E-state index is -1.40. The van der Waals surface area contributed by atoms with Gasteiger partial charge in [0.1, 0.15) is 5.82 Å². The van der Waals surface area contributed by atoms with Crippen molar-refractivity contribution in [3.8, 4) is 0 Å². The summed E-state index contributed by atoms with van der Waals surface area (Å²) in [5, 5.41) is 9.47. The predicted octanol–water partition coefficient (Wildman–Crippen LogP) is 3.62. The van der Waals surface area contributed by atoms with Crippen LogP contribution in [0.3, 0.4) is 0 Å². The summed E-state index contributed by atoms with van der Waals surface area (Å²) in [5.41, 5.74) is -1.02. The highest BCUT2D eigenvalue weighted by atomic mass is 79.9. The van der Waals surface area contributed by atoms with Crippen LogP contribution in [0.5, 0.6) is 0 Å². The van der Waals surface area contributed by atoms with E-state index in [1.165, 1.54) is 18.3 Å². The van der Waals surface area contributed by atoms with Crippen LogP contribution in [-0.2, 0) is 13.0 Å². The minimum absolute atomic E-state index is 0.0310. The predicted molar refractivity (Wildman–Crippen MR) is 97.9 cm³/mol. The molecule has 2 heterocycles. The van der Waals surface area contributed by atoms with Crippen molar-refractivity contribution in [1.29, 1.82) is 0 Å². The molecule has 0 fully saturated rings. The highest BCUT2D eigenvalue weighted by molar-refractivity contribution is 9.10. The van der Waals surface area contributed by atoms with Gasteiger partial charge < -0.3 is 9.67 Å². The lowest BCUT2D eigenvalue weighted by Crippen LogP contribution is -2.27. The van der Waals surface area contributed by atoms with E-state index in [9.17, 15) is 23.5 Å². The third-order valence-electron chi connectivity index (χ3n) is 4.01. The Hall–Kier alpha value is -2.87. The average molecular weight is 435 g/mol. The summed E-state index contributed by atoms with van der Waals surface area (Å²) in [5.74, 6) is -3.23. The number of benzene rings is 1. The maximum Gasteiger partial charge on any atom is 0.337 e. The van der Waals surface area contributed by atoms with Gasteiger partial charge in [0.15, 0.2) is 5.82 Å². The van der Waals surface area contributed by atoms with Crippen LogP contribution in [0.15, 0.2) is 58.2 Å². The van der Waals surface area contributed by atoms with E-state index in [4.69, 9.17) is 0 Å². The largest absolute Gasteiger partial charge is 0.478 e. The summed E-state index contributed by atoms with van der Waals surface area (Å²) >= 11 is 3.12. The SMILES string of the molecule is O=C(O)c1cn(Cc2cccnc2)c(=O)c(F)c1Cc1ccc(Br)cc1F. The third-order valence-corrected chi connectivity index (χ3v) is 4.51. The summed E-state index contributed by atoms with van der Waals surface area (Å²) in [6, 6.07) is 7.49. The maximum absolute atomic E-state index is 14.7. The first-order valence-electron chi connectivity index (χ1n) is 7.84. The number of rotatable bonds is 5. The van der Waals surface area contributed by atoms with Gasteiger partial charge in [0.05, 0.1) is 12.1 Å². The van der Waals surface area contributed by atoms with Crippen LogP contribution in [-0.4, -0.2) is 20.6 Å². The van der Waals surface area contributed by atoms with E-state index in [2.05, 4.69) is 20.9 Å². The number of halogens is 3. The third kappa shape index (κ3) is 4.11. The van der Waals surface area contributed by atoms with E-state index in [1.807, 2.05) is 0 Å². The fourth-order valence-electron chi connectivity index (χ4n) is 2.68. The molecule has 3 rings (SSSR count). The number of hydrogen-bond donors (Lipinski definition) is 1. The van der Waals surface area contributed by atoms with Crippen LogP contribution < -0.4 is 5.56 Å². The van der Waals surface area contributed by atoms with Gasteiger partial charge >= 0.3 is 5.97 Å². The number of aromatic carboxylic acids is 1. The van der Waals surface area contributed by atoms with Crippen molar-refractivity contribution in [3.63, 3.8) is 0 Å². The molecule has 2 aromatic heterocycles. The zero-order valence-corrected chi connectivity index (χ0v) is 15.4. The second-order valence-electron chi connectivity index (χ2n) is 5.85. The Kier molecular flexibility index (Phi) is 5.46. The van der Waals surface area contributed by atoms with E-state index >= 15 is 0 Å². The Labute approximate surface area is 161 Å². The number of carbonyl (C=O) groups is 1. The summed E-state index contributed by atoms with van der Waals surface area (Å²) in [4.78, 5) is 27.9. The van der Waals surface area contributed by atoms with Crippen LogP contribution in [0.25, 0.3) is 0 Å². The molecule has 0 bridgehead atoms. The molecule has 1 N–H and O–H groups in total. The molecule has 1 aromatic carbocycles. The molecule has 0 aliphatic carbocycles. The number of nitrogens with zero attached hydrogens (tertiary/aromatic N) is 2. The minimum Gasteiger partial charge on any atom is -0.478 e. The van der Waals surface area contributed by atoms with Crippen LogP contribution >= 0.6 is 15.9 Å². The molecule has 0 unspecified atom stereocenters. The number of pyridine rings is 2. The topological polar surface area (TPSA) is 72.2 Å². The summed E-state index contributed by atoms with van der Waals surface area (Å²) in [7, 11) is 0. The molecular formula is C19H13BrF2N2O3. The Morgan fingerprint density at radius 2 is 2.04 bits per heavy atom. The number of aromatic nitrogens is 2. The quantitative estimate of drug-likeness (QED) is 0.665. The first-order valence-corrected chi connectivity index (χ1v) is 8.64. The molecule has 5 nitrogen and oxygen atoms in total. The van der Waals surface area contributed by atoms with Gasteiger partial charge in [-0.05, 0) is 29.3 Å². The lowest BCUT2D eigenvalue weighted by molar-refractivity contribution is 0.0694. The fraction of sp³-hybridized carbons (Fsp3) is 0.105. The molecule has 3 aromatic rings. The Balaban J connectivity index is 2.07. The Bertz CT molecular complexity index is 1070. The van der Waals surface area contributed by atoms with Crippen LogP contribution in [0.1, 0.15) is 27.0 Å². The highest BCUT2D eigenvalue weighted by Gasteiger charge is 2.21. The Morgan fingerprint density at radius 1 is 1.26 bits per heavy atom. The molecule has 0 aliphatic heterocycles. The van der Waals surface area contributed by atoms with Gasteiger partial charge in [-0.15, -0.1) is 0 Å². The maximum atomic E-state index is 14.7. The summed E-state index contributed by atoms with van der Waals surface area (Å²) in [6.07, 6.45) is 3.77. The van der Waals surface area contributed by atoms with E-state index < -0.39 is 28.7 Å². The molecular weight excluding hydrogens is 422 g/mol. The first-order chi connectivity index (χ1) is 12.9. The molecule has 0 radical (unpaired) electrons. The van der Waals surface area contributed by atoms with Crippen LogP contribution in [0.2, 0.25) is 0 Å².